The number of ether oxygens (including phenoxy) is 1. The second kappa shape index (κ2) is 8.14. The second-order valence-electron chi connectivity index (χ2n) is 4.46. The van der Waals surface area contributed by atoms with Crippen LogP contribution in [0.5, 0.6) is 5.75 Å². The molecular formula is C14H19ClN2O3S. The van der Waals surface area contributed by atoms with Crippen LogP contribution in [0.3, 0.4) is 0 Å². The molecule has 0 heterocycles. The van der Waals surface area contributed by atoms with Gasteiger partial charge in [0.05, 0.1) is 23.8 Å². The van der Waals surface area contributed by atoms with Crippen molar-refractivity contribution < 1.29 is 14.3 Å². The summed E-state index contributed by atoms with van der Waals surface area (Å²) in [6.07, 6.45) is 0.594. The smallest absolute Gasteiger partial charge is 0.234 e. The number of aryl methyl sites for hydroxylation is 1. The molecule has 3 N–H and O–H groups in total. The molecule has 0 aliphatic rings. The van der Waals surface area contributed by atoms with E-state index in [9.17, 15) is 9.59 Å². The van der Waals surface area contributed by atoms with Gasteiger partial charge in [-0.25, -0.2) is 0 Å². The number of hydrogen-bond acceptors (Lipinski definition) is 4. The van der Waals surface area contributed by atoms with Gasteiger partial charge in [-0.3, -0.25) is 9.59 Å². The Labute approximate surface area is 133 Å². The largest absolute Gasteiger partial charge is 0.495 e. The summed E-state index contributed by atoms with van der Waals surface area (Å²) in [5, 5.41) is 2.96. The van der Waals surface area contributed by atoms with Gasteiger partial charge in [-0.2, -0.15) is 0 Å². The Kier molecular flexibility index (Phi) is 6.84. The van der Waals surface area contributed by atoms with Gasteiger partial charge < -0.3 is 15.8 Å². The zero-order valence-electron chi connectivity index (χ0n) is 12.2. The zero-order chi connectivity index (χ0) is 16.0. The van der Waals surface area contributed by atoms with Gasteiger partial charge in [-0.15, -0.1) is 11.8 Å². The van der Waals surface area contributed by atoms with E-state index in [1.165, 1.54) is 18.9 Å². The van der Waals surface area contributed by atoms with Crippen molar-refractivity contribution in [1.82, 2.24) is 0 Å². The fourth-order valence-corrected chi connectivity index (χ4v) is 2.67. The van der Waals surface area contributed by atoms with Crippen LogP contribution in [0.25, 0.3) is 0 Å². The van der Waals surface area contributed by atoms with E-state index in [-0.39, 0.29) is 16.9 Å². The van der Waals surface area contributed by atoms with Crippen molar-refractivity contribution in [2.45, 2.75) is 25.5 Å². The van der Waals surface area contributed by atoms with E-state index in [2.05, 4.69) is 5.32 Å². The molecule has 1 aromatic carbocycles. The van der Waals surface area contributed by atoms with Crippen LogP contribution in [0.4, 0.5) is 5.69 Å². The maximum absolute atomic E-state index is 11.9. The molecule has 0 fully saturated rings. The first kappa shape index (κ1) is 17.7. The van der Waals surface area contributed by atoms with E-state index in [0.717, 1.165) is 5.56 Å². The highest BCUT2D eigenvalue weighted by molar-refractivity contribution is 8.01. The minimum absolute atomic E-state index is 0.145. The van der Waals surface area contributed by atoms with Crippen molar-refractivity contribution in [1.29, 1.82) is 0 Å². The molecule has 1 atom stereocenters. The van der Waals surface area contributed by atoms with Crippen molar-refractivity contribution in [3.05, 3.63) is 22.7 Å². The molecule has 5 nitrogen and oxygen atoms in total. The molecule has 1 unspecified atom stereocenters. The molecule has 0 saturated heterocycles. The monoisotopic (exact) mass is 330 g/mol. The number of carbonyl (C=O) groups excluding carboxylic acids is 2. The van der Waals surface area contributed by atoms with Crippen LogP contribution >= 0.6 is 23.4 Å². The molecule has 0 bridgehead atoms. The second-order valence-corrected chi connectivity index (χ2v) is 6.06. The number of methoxy groups -OCH3 is 1. The normalized spacial score (nSPS) is 11.8. The molecule has 0 spiro atoms. The van der Waals surface area contributed by atoms with E-state index >= 15 is 0 Å². The Morgan fingerprint density at radius 2 is 2.14 bits per heavy atom. The standard InChI is InChI=1S/C14H19ClN2O3S/c1-4-12(14(16)19)21-7-13(18)17-10-5-8(2)9(15)6-11(10)20-3/h5-6,12H,4,7H2,1-3H3,(H2,16,19)(H,17,18). The highest BCUT2D eigenvalue weighted by Gasteiger charge is 2.16. The van der Waals surface area contributed by atoms with Crippen LogP contribution in [0, 0.1) is 6.92 Å². The van der Waals surface area contributed by atoms with E-state index < -0.39 is 5.91 Å². The van der Waals surface area contributed by atoms with Crippen molar-refractivity contribution >= 4 is 40.9 Å². The first-order chi connectivity index (χ1) is 9.88. The van der Waals surface area contributed by atoms with Crippen molar-refractivity contribution in [3.63, 3.8) is 0 Å². The third-order valence-corrected chi connectivity index (χ3v) is 4.66. The molecule has 0 aromatic heterocycles. The summed E-state index contributed by atoms with van der Waals surface area (Å²) < 4.78 is 5.19. The average molecular weight is 331 g/mol. The lowest BCUT2D eigenvalue weighted by molar-refractivity contribution is -0.117. The van der Waals surface area contributed by atoms with Crippen LogP contribution < -0.4 is 15.8 Å². The minimum atomic E-state index is -0.407. The molecule has 2 amide bonds. The first-order valence-electron chi connectivity index (χ1n) is 6.43. The van der Waals surface area contributed by atoms with Gasteiger partial charge in [0.25, 0.3) is 0 Å². The van der Waals surface area contributed by atoms with Gasteiger partial charge in [0.1, 0.15) is 5.75 Å². The SMILES string of the molecule is CCC(SCC(=O)Nc1cc(C)c(Cl)cc1OC)C(N)=O. The van der Waals surface area contributed by atoms with Gasteiger partial charge in [-0.1, -0.05) is 18.5 Å². The number of halogens is 1. The number of rotatable bonds is 7. The Morgan fingerprint density at radius 1 is 1.48 bits per heavy atom. The fraction of sp³-hybridized carbons (Fsp3) is 0.429. The number of carbonyl (C=O) groups is 2. The lowest BCUT2D eigenvalue weighted by Gasteiger charge is -2.13. The number of benzene rings is 1. The number of amides is 2. The zero-order valence-corrected chi connectivity index (χ0v) is 13.8. The van der Waals surface area contributed by atoms with Crippen LogP contribution in [0.15, 0.2) is 12.1 Å². The lowest BCUT2D eigenvalue weighted by atomic mass is 10.2. The molecule has 0 radical (unpaired) electrons. The van der Waals surface area contributed by atoms with E-state index in [4.69, 9.17) is 22.1 Å². The predicted molar refractivity (Wildman–Crippen MR) is 87.1 cm³/mol. The fourth-order valence-electron chi connectivity index (χ4n) is 1.69. The Morgan fingerprint density at radius 3 is 2.67 bits per heavy atom. The number of nitrogens with one attached hydrogen (secondary N) is 1. The van der Waals surface area contributed by atoms with Crippen molar-refractivity contribution in [2.24, 2.45) is 5.73 Å². The number of primary amides is 1. The third kappa shape index (κ3) is 5.13. The van der Waals surface area contributed by atoms with Crippen LogP contribution in [-0.4, -0.2) is 29.9 Å². The lowest BCUT2D eigenvalue weighted by Crippen LogP contribution is -2.27. The molecule has 0 aliphatic heterocycles. The molecular weight excluding hydrogens is 312 g/mol. The average Bonchev–Trinajstić information content (AvgIpc) is 2.42. The summed E-state index contributed by atoms with van der Waals surface area (Å²) in [5.41, 5.74) is 6.63. The van der Waals surface area contributed by atoms with Crippen LogP contribution in [0.1, 0.15) is 18.9 Å². The van der Waals surface area contributed by atoms with E-state index in [1.54, 1.807) is 12.1 Å². The summed E-state index contributed by atoms with van der Waals surface area (Å²) in [7, 11) is 1.51. The van der Waals surface area contributed by atoms with Crippen LogP contribution in [-0.2, 0) is 9.59 Å². The highest BCUT2D eigenvalue weighted by atomic mass is 35.5. The van der Waals surface area contributed by atoms with E-state index in [1.807, 2.05) is 13.8 Å². The minimum Gasteiger partial charge on any atom is -0.495 e. The number of thioether (sulfide) groups is 1. The summed E-state index contributed by atoms with van der Waals surface area (Å²) in [4.78, 5) is 23.1. The van der Waals surface area contributed by atoms with Gasteiger partial charge in [-0.05, 0) is 25.0 Å². The molecule has 21 heavy (non-hydrogen) atoms. The molecule has 1 aromatic rings. The van der Waals surface area contributed by atoms with E-state index in [0.29, 0.717) is 22.9 Å². The predicted octanol–water partition coefficient (Wildman–Crippen LogP) is 2.59. The van der Waals surface area contributed by atoms with Gasteiger partial charge >= 0.3 is 0 Å². The van der Waals surface area contributed by atoms with Crippen molar-refractivity contribution in [2.75, 3.05) is 18.2 Å². The third-order valence-electron chi connectivity index (χ3n) is 2.86. The molecule has 0 aliphatic carbocycles. The Balaban J connectivity index is 2.71. The number of nitrogens with two attached hydrogens (primary N) is 1. The quantitative estimate of drug-likeness (QED) is 0.805. The van der Waals surface area contributed by atoms with Gasteiger partial charge in [0, 0.05) is 11.1 Å². The highest BCUT2D eigenvalue weighted by Crippen LogP contribution is 2.31. The molecule has 1 rings (SSSR count). The first-order valence-corrected chi connectivity index (χ1v) is 7.86. The van der Waals surface area contributed by atoms with Gasteiger partial charge in [0.2, 0.25) is 11.8 Å². The van der Waals surface area contributed by atoms with Crippen LogP contribution in [0.2, 0.25) is 5.02 Å². The number of hydrogen-bond donors (Lipinski definition) is 2. The molecule has 7 heteroatoms. The Hall–Kier alpha value is -1.40. The molecule has 0 saturated carbocycles. The summed E-state index contributed by atoms with van der Waals surface area (Å²) in [5.74, 6) is 0.00700. The maximum Gasteiger partial charge on any atom is 0.234 e. The van der Waals surface area contributed by atoms with Crippen molar-refractivity contribution in [3.8, 4) is 5.75 Å². The summed E-state index contributed by atoms with van der Waals surface area (Å²) in [6.45, 7) is 3.69. The summed E-state index contributed by atoms with van der Waals surface area (Å²) >= 11 is 7.23. The topological polar surface area (TPSA) is 81.4 Å². The maximum atomic E-state index is 11.9. The molecule has 116 valence electrons. The number of anilines is 1. The Bertz CT molecular complexity index is 537. The van der Waals surface area contributed by atoms with Gasteiger partial charge in [0.15, 0.2) is 0 Å². The summed E-state index contributed by atoms with van der Waals surface area (Å²) in [6, 6.07) is 3.40.